The molecule has 6 aromatic rings. The number of nitrogens with one attached hydrogen (secondary N) is 2. The Morgan fingerprint density at radius 3 is 1.52 bits per heavy atom. The van der Waals surface area contributed by atoms with Crippen molar-refractivity contribution < 1.29 is 51.5 Å². The number of hydrogen-bond donors (Lipinski definition) is 2. The number of aromatic nitrogens is 2. The number of anilines is 2. The van der Waals surface area contributed by atoms with Crippen LogP contribution in [0.5, 0.6) is 17.2 Å². The van der Waals surface area contributed by atoms with Crippen molar-refractivity contribution in [1.82, 2.24) is 20.6 Å². The van der Waals surface area contributed by atoms with Crippen LogP contribution in [0.15, 0.2) is 59.3 Å². The van der Waals surface area contributed by atoms with Gasteiger partial charge in [0.2, 0.25) is 0 Å². The zero-order valence-electron chi connectivity index (χ0n) is 51.4. The van der Waals surface area contributed by atoms with Crippen molar-refractivity contribution in [3.8, 4) is 39.8 Å². The number of ether oxygens (including phenoxy) is 7. The summed E-state index contributed by atoms with van der Waals surface area (Å²) in [4.78, 5) is 40.1. The number of thiazole rings is 2. The van der Waals surface area contributed by atoms with Gasteiger partial charge in [-0.3, -0.25) is 9.59 Å². The van der Waals surface area contributed by atoms with E-state index in [1.54, 1.807) is 35.8 Å². The Hall–Kier alpha value is -6.22. The molecule has 0 aliphatic carbocycles. The largest absolute Gasteiger partial charge is 0.496 e. The van der Waals surface area contributed by atoms with Gasteiger partial charge in [-0.25, -0.2) is 18.7 Å². The normalized spacial score (nSPS) is 18.8. The quantitative estimate of drug-likeness (QED) is 0.0832. The summed E-state index contributed by atoms with van der Waals surface area (Å²) >= 11 is 3.11. The first-order valence-electron chi connectivity index (χ1n) is 29.8. The van der Waals surface area contributed by atoms with E-state index < -0.39 is 11.2 Å². The van der Waals surface area contributed by atoms with Crippen molar-refractivity contribution in [2.45, 2.75) is 152 Å². The Kier molecular flexibility index (Phi) is 20.6. The van der Waals surface area contributed by atoms with E-state index in [-0.39, 0.29) is 60.8 Å². The van der Waals surface area contributed by atoms with Crippen LogP contribution in [-0.4, -0.2) is 105 Å². The predicted molar refractivity (Wildman–Crippen MR) is 331 cm³/mol. The van der Waals surface area contributed by atoms with Crippen molar-refractivity contribution in [2.75, 3.05) is 69.4 Å². The average Bonchev–Trinajstić information content (AvgIpc) is 3.77. The number of carbonyl (C=O) groups is 2. The monoisotopic (exact) mass is 1210 g/mol. The third kappa shape index (κ3) is 15.5. The van der Waals surface area contributed by atoms with Gasteiger partial charge in [-0.1, -0.05) is 23.3 Å². The van der Waals surface area contributed by atoms with Crippen LogP contribution >= 0.6 is 22.7 Å². The molecule has 4 atom stereocenters. The number of aryl methyl sites for hydroxylation is 3. The van der Waals surface area contributed by atoms with Crippen LogP contribution in [0.3, 0.4) is 0 Å². The van der Waals surface area contributed by atoms with Crippen LogP contribution in [0.2, 0.25) is 0 Å². The first-order chi connectivity index (χ1) is 40.6. The minimum atomic E-state index is -0.544. The topological polar surface area (TPSA) is 155 Å². The lowest BCUT2D eigenvalue weighted by Crippen LogP contribution is -2.49. The number of piperidine rings is 2. The van der Waals surface area contributed by atoms with Crippen molar-refractivity contribution >= 4 is 44.9 Å². The van der Waals surface area contributed by atoms with E-state index in [0.29, 0.717) is 112 Å². The van der Waals surface area contributed by atoms with Crippen molar-refractivity contribution in [1.29, 1.82) is 0 Å². The lowest BCUT2D eigenvalue weighted by molar-refractivity contribution is -0.167. The Morgan fingerprint density at radius 2 is 1.07 bits per heavy atom. The minimum Gasteiger partial charge on any atom is -0.496 e. The number of hydrogen-bond acceptors (Lipinski definition) is 17. The lowest BCUT2D eigenvalue weighted by Gasteiger charge is -2.38. The van der Waals surface area contributed by atoms with Gasteiger partial charge >= 0.3 is 11.9 Å². The summed E-state index contributed by atoms with van der Waals surface area (Å²) in [6.45, 7) is 27.8. The number of methoxy groups -OCH3 is 1. The Bertz CT molecular complexity index is 3320. The third-order valence-corrected chi connectivity index (χ3v) is 17.4. The number of carbonyl (C=O) groups excluding carboxylic acids is 2. The third-order valence-electron chi connectivity index (χ3n) is 15.6. The van der Waals surface area contributed by atoms with E-state index in [9.17, 15) is 9.59 Å². The molecule has 10 rings (SSSR count). The van der Waals surface area contributed by atoms with Crippen LogP contribution in [0.25, 0.3) is 22.5 Å². The number of fused-ring (bicyclic) bond motifs is 2. The molecular weight excluding hydrogens is 1120 g/mol. The molecule has 4 aromatic carbocycles. The summed E-state index contributed by atoms with van der Waals surface area (Å²) < 4.78 is 72.4. The standard InChI is InChI=1S/C33H42FN3O5S.C33H42FN3O4S/c1-7-40-29-17-37(13-11-23(29)31(38)42-33(3,4)5)32-36-26(19-43-32)24-14-20(2)8-9-27(24)41-18-21-15-28(39-6)25-16-35-12-10-22(25)30(21)34;1-7-39-29-17-37(13-11-24(29)31(38)41-33(4,5)6)32-36-27(19-42-32)25-14-20(2)8-9-28(25)40-18-22-15-21(3)26-16-35-12-10-23(26)30(22)34/h8-9,14-15,19,23,29,35H,7,10-13,16-18H2,1-6H3;8-9,14-15,19,24,29,35H,7,10-13,16-18H2,1-6H3/t23-,29+;24-,29+/m00/s1. The van der Waals surface area contributed by atoms with Crippen molar-refractivity contribution in [3.05, 3.63) is 121 Å². The molecule has 2 saturated heterocycles. The maximum atomic E-state index is 15.5. The maximum Gasteiger partial charge on any atom is 0.312 e. The first-order valence-corrected chi connectivity index (χ1v) is 31.5. The molecule has 0 spiro atoms. The van der Waals surface area contributed by atoms with E-state index in [4.69, 9.17) is 43.1 Å². The van der Waals surface area contributed by atoms with Gasteiger partial charge in [0.1, 0.15) is 53.3 Å². The van der Waals surface area contributed by atoms with E-state index in [2.05, 4.69) is 26.5 Å². The van der Waals surface area contributed by atoms with Gasteiger partial charge in [0.05, 0.1) is 42.5 Å². The summed E-state index contributed by atoms with van der Waals surface area (Å²) in [5, 5.41) is 12.4. The zero-order chi connectivity index (χ0) is 60.7. The second-order valence-corrected chi connectivity index (χ2v) is 26.0. The Morgan fingerprint density at radius 1 is 0.624 bits per heavy atom. The second-order valence-electron chi connectivity index (χ2n) is 24.3. The summed E-state index contributed by atoms with van der Waals surface area (Å²) in [6, 6.07) is 15.6. The number of halogens is 2. The molecule has 2 aromatic heterocycles. The molecule has 0 radical (unpaired) electrons. The molecule has 19 heteroatoms. The molecule has 0 saturated carbocycles. The van der Waals surface area contributed by atoms with Crippen LogP contribution < -0.4 is 34.6 Å². The number of esters is 2. The molecular formula is C66H84F2N6O9S2. The molecule has 0 amide bonds. The highest BCUT2D eigenvalue weighted by Gasteiger charge is 2.40. The highest BCUT2D eigenvalue weighted by atomic mass is 32.1. The summed E-state index contributed by atoms with van der Waals surface area (Å²) in [5.41, 5.74) is 9.99. The van der Waals surface area contributed by atoms with Crippen LogP contribution in [-0.2, 0) is 67.7 Å². The van der Waals surface area contributed by atoms with Crippen LogP contribution in [0.4, 0.5) is 19.0 Å². The summed E-state index contributed by atoms with van der Waals surface area (Å²) in [6.07, 6.45) is 2.01. The van der Waals surface area contributed by atoms with Gasteiger partial charge < -0.3 is 53.6 Å². The van der Waals surface area contributed by atoms with Crippen LogP contribution in [0, 0.1) is 44.2 Å². The first kappa shape index (κ1) is 63.3. The molecule has 4 aliphatic heterocycles. The molecule has 4 aliphatic rings. The fourth-order valence-electron chi connectivity index (χ4n) is 11.5. The van der Waals surface area contributed by atoms with Gasteiger partial charge in [0.15, 0.2) is 10.3 Å². The molecule has 458 valence electrons. The van der Waals surface area contributed by atoms with Crippen molar-refractivity contribution in [2.24, 2.45) is 11.8 Å². The summed E-state index contributed by atoms with van der Waals surface area (Å²) in [7, 11) is 1.61. The van der Waals surface area contributed by atoms with Gasteiger partial charge in [-0.2, -0.15) is 0 Å². The van der Waals surface area contributed by atoms with E-state index in [1.165, 1.54) is 0 Å². The molecule has 0 unspecified atom stereocenters. The fraction of sp³-hybridized carbons (Fsp3) is 0.515. The number of benzene rings is 4. The summed E-state index contributed by atoms with van der Waals surface area (Å²) in [5.74, 6) is 0.574. The smallest absolute Gasteiger partial charge is 0.312 e. The van der Waals surface area contributed by atoms with Crippen molar-refractivity contribution in [3.63, 3.8) is 0 Å². The Labute approximate surface area is 508 Å². The van der Waals surface area contributed by atoms with Gasteiger partial charge in [0, 0.05) is 91.1 Å². The van der Waals surface area contributed by atoms with Gasteiger partial charge in [0.25, 0.3) is 0 Å². The van der Waals surface area contributed by atoms with E-state index in [1.807, 2.05) is 123 Å². The number of rotatable bonds is 17. The molecule has 2 N–H and O–H groups in total. The lowest BCUT2D eigenvalue weighted by atomic mass is 9.93. The highest BCUT2D eigenvalue weighted by Crippen LogP contribution is 2.40. The fourth-order valence-corrected chi connectivity index (χ4v) is 13.2. The van der Waals surface area contributed by atoms with Gasteiger partial charge in [-0.05, 0) is 174 Å². The molecule has 6 heterocycles. The van der Waals surface area contributed by atoms with E-state index in [0.717, 1.165) is 79.2 Å². The Balaban J connectivity index is 0.000000204. The molecule has 0 bridgehead atoms. The highest BCUT2D eigenvalue weighted by molar-refractivity contribution is 7.14. The second kappa shape index (κ2) is 27.6. The average molecular weight is 1210 g/mol. The number of nitrogens with zero attached hydrogens (tertiary/aromatic N) is 4. The molecule has 2 fully saturated rings. The minimum absolute atomic E-state index is 0.0736. The van der Waals surface area contributed by atoms with Gasteiger partial charge in [-0.15, -0.1) is 22.7 Å². The maximum absolute atomic E-state index is 15.5. The van der Waals surface area contributed by atoms with E-state index >= 15 is 8.78 Å². The van der Waals surface area contributed by atoms with Crippen LogP contribution in [0.1, 0.15) is 118 Å². The zero-order valence-corrected chi connectivity index (χ0v) is 53.1. The molecule has 15 nitrogen and oxygen atoms in total. The molecule has 85 heavy (non-hydrogen) atoms. The SMILES string of the molecule is CCO[C@@H]1CN(c2nc(-c3cc(C)ccc3OCc3cc(C)c4c(c3F)CCNC4)cs2)CC[C@@H]1C(=O)OC(C)(C)C.CCO[C@@H]1CN(c2nc(-c3cc(C)ccc3OCc3cc(OC)c4c(c3F)CCNC4)cs2)CC[C@@H]1C(=O)OC(C)(C)C. The predicted octanol–water partition coefficient (Wildman–Crippen LogP) is 12.4.